The van der Waals surface area contributed by atoms with E-state index in [0.29, 0.717) is 10.8 Å². The van der Waals surface area contributed by atoms with Gasteiger partial charge in [0.15, 0.2) is 0 Å². The topological polar surface area (TPSA) is 18.5 Å². The minimum absolute atomic E-state index is 0.355. The Bertz CT molecular complexity index is 212. The molecule has 0 unspecified atom stereocenters. The second-order valence-electron chi connectivity index (χ2n) is 7.90. The fraction of sp³-hybridized carbons (Fsp3) is 1.00. The van der Waals surface area contributed by atoms with Crippen LogP contribution in [0.3, 0.4) is 0 Å². The first-order valence-electron chi connectivity index (χ1n) is 7.81. The first kappa shape index (κ1) is 19.1. The third kappa shape index (κ3) is 9.64. The Labute approximate surface area is 122 Å². The lowest BCUT2D eigenvalue weighted by molar-refractivity contribution is 0.172. The number of rotatable bonds is 8. The predicted molar refractivity (Wildman–Crippen MR) is 86.8 cm³/mol. The van der Waals surface area contributed by atoms with Crippen LogP contribution in [0.25, 0.3) is 0 Å². The van der Waals surface area contributed by atoms with Crippen LogP contribution in [-0.2, 0) is 8.85 Å². The van der Waals surface area contributed by atoms with E-state index in [-0.39, 0.29) is 0 Å². The van der Waals surface area contributed by atoms with E-state index in [9.17, 15) is 0 Å². The van der Waals surface area contributed by atoms with Crippen molar-refractivity contribution < 1.29 is 8.85 Å². The minimum atomic E-state index is -2.02. The maximum absolute atomic E-state index is 6.18. The van der Waals surface area contributed by atoms with Gasteiger partial charge in [-0.15, -0.1) is 0 Å². The van der Waals surface area contributed by atoms with Gasteiger partial charge in [-0.3, -0.25) is 0 Å². The van der Waals surface area contributed by atoms with Crippen molar-refractivity contribution >= 4 is 8.56 Å². The molecular formula is C16H36O2Si. The van der Waals surface area contributed by atoms with Crippen LogP contribution in [0.2, 0.25) is 12.1 Å². The van der Waals surface area contributed by atoms with Gasteiger partial charge < -0.3 is 8.85 Å². The molecule has 0 amide bonds. The molecule has 2 nitrogen and oxygen atoms in total. The molecule has 116 valence electrons. The summed E-state index contributed by atoms with van der Waals surface area (Å²) in [5.74, 6) is 0. The van der Waals surface area contributed by atoms with Crippen LogP contribution in [-0.4, -0.2) is 21.8 Å². The zero-order valence-corrected chi connectivity index (χ0v) is 15.6. The average molecular weight is 289 g/mol. The van der Waals surface area contributed by atoms with Gasteiger partial charge in [0.2, 0.25) is 0 Å². The molecule has 3 heteroatoms. The summed E-state index contributed by atoms with van der Waals surface area (Å²) >= 11 is 0. The van der Waals surface area contributed by atoms with Crippen molar-refractivity contribution in [2.24, 2.45) is 10.8 Å². The Hall–Kier alpha value is 0.137. The Morgan fingerprint density at radius 1 is 0.684 bits per heavy atom. The van der Waals surface area contributed by atoms with Crippen molar-refractivity contribution in [1.29, 1.82) is 0 Å². The van der Waals surface area contributed by atoms with E-state index in [1.165, 1.54) is 12.8 Å². The Morgan fingerprint density at radius 3 is 1.21 bits per heavy atom. The van der Waals surface area contributed by atoms with Gasteiger partial charge in [-0.05, 0) is 49.6 Å². The molecule has 19 heavy (non-hydrogen) atoms. The van der Waals surface area contributed by atoms with Crippen molar-refractivity contribution in [3.63, 3.8) is 0 Å². The SMILES string of the molecule is CCO[Si](CCC(C)(C)C)(CCC(C)(C)C)OCC. The first-order valence-corrected chi connectivity index (χ1v) is 10.0. The maximum atomic E-state index is 6.18. The van der Waals surface area contributed by atoms with Crippen LogP contribution < -0.4 is 0 Å². The third-order valence-electron chi connectivity index (χ3n) is 3.33. The zero-order chi connectivity index (χ0) is 15.2. The van der Waals surface area contributed by atoms with Crippen LogP contribution >= 0.6 is 0 Å². The first-order chi connectivity index (χ1) is 8.54. The quantitative estimate of drug-likeness (QED) is 0.559. The highest BCUT2D eigenvalue weighted by Gasteiger charge is 2.38. The molecular weight excluding hydrogens is 252 g/mol. The van der Waals surface area contributed by atoms with E-state index in [0.717, 1.165) is 25.3 Å². The number of hydrogen-bond acceptors (Lipinski definition) is 2. The van der Waals surface area contributed by atoms with Gasteiger partial charge in [-0.2, -0.15) is 0 Å². The van der Waals surface area contributed by atoms with Crippen molar-refractivity contribution in [2.75, 3.05) is 13.2 Å². The molecule has 0 bridgehead atoms. The molecule has 0 heterocycles. The molecule has 0 spiro atoms. The van der Waals surface area contributed by atoms with E-state index in [4.69, 9.17) is 8.85 Å². The van der Waals surface area contributed by atoms with Crippen LogP contribution in [0.5, 0.6) is 0 Å². The van der Waals surface area contributed by atoms with Gasteiger partial charge in [0, 0.05) is 13.2 Å². The molecule has 0 saturated carbocycles. The molecule has 0 saturated heterocycles. The summed E-state index contributed by atoms with van der Waals surface area (Å²) in [5, 5.41) is 0. The van der Waals surface area contributed by atoms with E-state index < -0.39 is 8.56 Å². The molecule has 0 aliphatic heterocycles. The highest BCUT2D eigenvalue weighted by molar-refractivity contribution is 6.67. The van der Waals surface area contributed by atoms with Gasteiger partial charge in [0.25, 0.3) is 0 Å². The zero-order valence-electron chi connectivity index (χ0n) is 14.6. The molecule has 0 atom stereocenters. The summed E-state index contributed by atoms with van der Waals surface area (Å²) < 4.78 is 12.4. The van der Waals surface area contributed by atoms with E-state index in [1.54, 1.807) is 0 Å². The second-order valence-corrected chi connectivity index (χ2v) is 11.3. The molecule has 0 aromatic rings. The Balaban J connectivity index is 4.75. The maximum Gasteiger partial charge on any atom is 0.338 e. The van der Waals surface area contributed by atoms with E-state index in [2.05, 4.69) is 55.4 Å². The lowest BCUT2D eigenvalue weighted by Crippen LogP contribution is -2.43. The fourth-order valence-electron chi connectivity index (χ4n) is 2.11. The molecule has 0 N–H and O–H groups in total. The monoisotopic (exact) mass is 288 g/mol. The third-order valence-corrected chi connectivity index (χ3v) is 6.98. The highest BCUT2D eigenvalue weighted by Crippen LogP contribution is 2.33. The van der Waals surface area contributed by atoms with Crippen molar-refractivity contribution in [1.82, 2.24) is 0 Å². The summed E-state index contributed by atoms with van der Waals surface area (Å²) in [7, 11) is -2.02. The molecule has 0 aromatic carbocycles. The van der Waals surface area contributed by atoms with Crippen LogP contribution in [0.4, 0.5) is 0 Å². The normalized spacial score (nSPS) is 13.9. The van der Waals surface area contributed by atoms with Gasteiger partial charge >= 0.3 is 8.56 Å². The van der Waals surface area contributed by atoms with Crippen molar-refractivity contribution in [3.8, 4) is 0 Å². The summed E-state index contributed by atoms with van der Waals surface area (Å²) in [5.41, 5.74) is 0.711. The van der Waals surface area contributed by atoms with Crippen LogP contribution in [0.15, 0.2) is 0 Å². The van der Waals surface area contributed by atoms with Gasteiger partial charge in [0.1, 0.15) is 0 Å². The Kier molecular flexibility index (Phi) is 7.85. The lowest BCUT2D eigenvalue weighted by Gasteiger charge is -2.34. The summed E-state index contributed by atoms with van der Waals surface area (Å²) in [4.78, 5) is 0. The molecule has 0 aliphatic rings. The molecule has 0 aliphatic carbocycles. The van der Waals surface area contributed by atoms with E-state index >= 15 is 0 Å². The summed E-state index contributed by atoms with van der Waals surface area (Å²) in [6.45, 7) is 19.5. The highest BCUT2D eigenvalue weighted by atomic mass is 28.4. The largest absolute Gasteiger partial charge is 0.394 e. The fourth-order valence-corrected chi connectivity index (χ4v) is 6.34. The predicted octanol–water partition coefficient (Wildman–Crippen LogP) is 5.37. The number of hydrogen-bond donors (Lipinski definition) is 0. The summed E-state index contributed by atoms with van der Waals surface area (Å²) in [6, 6.07) is 2.24. The Morgan fingerprint density at radius 2 is 1.00 bits per heavy atom. The lowest BCUT2D eigenvalue weighted by atomic mass is 9.93. The van der Waals surface area contributed by atoms with Crippen LogP contribution in [0, 0.1) is 10.8 Å². The summed E-state index contributed by atoms with van der Waals surface area (Å²) in [6.07, 6.45) is 2.37. The standard InChI is InChI=1S/C16H36O2Si/c1-9-17-19(18-10-2,13-11-15(3,4)5)14-12-16(6,7)8/h9-14H2,1-8H3. The van der Waals surface area contributed by atoms with Gasteiger partial charge in [-0.25, -0.2) is 0 Å². The van der Waals surface area contributed by atoms with Crippen molar-refractivity contribution in [2.45, 2.75) is 80.3 Å². The van der Waals surface area contributed by atoms with Crippen LogP contribution in [0.1, 0.15) is 68.2 Å². The molecule has 0 rings (SSSR count). The minimum Gasteiger partial charge on any atom is -0.394 e. The molecule has 0 radical (unpaired) electrons. The van der Waals surface area contributed by atoms with Gasteiger partial charge in [-0.1, -0.05) is 41.5 Å². The molecule has 0 aromatic heterocycles. The van der Waals surface area contributed by atoms with Crippen molar-refractivity contribution in [3.05, 3.63) is 0 Å². The smallest absolute Gasteiger partial charge is 0.338 e. The van der Waals surface area contributed by atoms with E-state index in [1.807, 2.05) is 0 Å². The average Bonchev–Trinajstić information content (AvgIpc) is 2.22. The van der Waals surface area contributed by atoms with Gasteiger partial charge in [0.05, 0.1) is 0 Å². The molecule has 0 fully saturated rings. The second kappa shape index (κ2) is 7.80.